The van der Waals surface area contributed by atoms with Crippen molar-refractivity contribution in [2.75, 3.05) is 24.5 Å². The summed E-state index contributed by atoms with van der Waals surface area (Å²) in [5.41, 5.74) is 2.99. The molecule has 39 heavy (non-hydrogen) atoms. The smallest absolute Gasteiger partial charge is 0.264 e. The van der Waals surface area contributed by atoms with Crippen LogP contribution in [-0.2, 0) is 26.2 Å². The van der Waals surface area contributed by atoms with E-state index in [-0.39, 0.29) is 23.0 Å². The lowest BCUT2D eigenvalue weighted by atomic mass is 10.1. The Hall–Kier alpha value is -3.85. The molecule has 1 N–H and O–H groups in total. The van der Waals surface area contributed by atoms with Crippen LogP contribution in [0.25, 0.3) is 0 Å². The van der Waals surface area contributed by atoms with Crippen LogP contribution in [0.1, 0.15) is 37.0 Å². The summed E-state index contributed by atoms with van der Waals surface area (Å²) in [4.78, 5) is 28.4. The first-order valence-corrected chi connectivity index (χ1v) is 14.4. The number of nitrogens with one attached hydrogen (secondary N) is 1. The van der Waals surface area contributed by atoms with Crippen LogP contribution < -0.4 is 14.4 Å². The third kappa shape index (κ3) is 6.97. The second-order valence-corrected chi connectivity index (χ2v) is 11.1. The van der Waals surface area contributed by atoms with Crippen LogP contribution in [0.5, 0.6) is 5.75 Å². The number of anilines is 1. The van der Waals surface area contributed by atoms with Crippen LogP contribution in [0.3, 0.4) is 0 Å². The van der Waals surface area contributed by atoms with Gasteiger partial charge in [-0.05, 0) is 62.6 Å². The number of likely N-dealkylation sites (N-methyl/N-ethyl adjacent to an activating group) is 1. The molecular weight excluding hydrogens is 514 g/mol. The normalized spacial score (nSPS) is 11.9. The molecule has 208 valence electrons. The van der Waals surface area contributed by atoms with Gasteiger partial charge >= 0.3 is 0 Å². The Morgan fingerprint density at radius 1 is 0.923 bits per heavy atom. The second kappa shape index (κ2) is 13.3. The Bertz CT molecular complexity index is 1390. The Morgan fingerprint density at radius 3 is 2.18 bits per heavy atom. The molecule has 9 heteroatoms. The summed E-state index contributed by atoms with van der Waals surface area (Å²) in [6.45, 7) is 7.39. The third-order valence-corrected chi connectivity index (χ3v) is 8.33. The highest BCUT2D eigenvalue weighted by atomic mass is 32.2. The molecule has 3 aromatic carbocycles. The van der Waals surface area contributed by atoms with E-state index in [0.29, 0.717) is 18.8 Å². The molecule has 2 amide bonds. The van der Waals surface area contributed by atoms with Gasteiger partial charge in [-0.2, -0.15) is 0 Å². The highest BCUT2D eigenvalue weighted by molar-refractivity contribution is 7.92. The average Bonchev–Trinajstić information content (AvgIpc) is 2.93. The maximum absolute atomic E-state index is 14.1. The van der Waals surface area contributed by atoms with Crippen molar-refractivity contribution in [2.45, 2.75) is 51.6 Å². The first kappa shape index (κ1) is 29.7. The zero-order chi connectivity index (χ0) is 28.6. The number of sulfonamides is 1. The van der Waals surface area contributed by atoms with Gasteiger partial charge in [-0.1, -0.05) is 61.0 Å². The fourth-order valence-electron chi connectivity index (χ4n) is 4.35. The van der Waals surface area contributed by atoms with Gasteiger partial charge in [0.05, 0.1) is 17.2 Å². The first-order chi connectivity index (χ1) is 18.6. The molecule has 3 rings (SSSR count). The van der Waals surface area contributed by atoms with E-state index in [1.54, 1.807) is 43.3 Å². The molecule has 0 aliphatic rings. The van der Waals surface area contributed by atoms with Crippen molar-refractivity contribution in [2.24, 2.45) is 0 Å². The van der Waals surface area contributed by atoms with Crippen LogP contribution in [0.15, 0.2) is 77.7 Å². The number of benzene rings is 3. The number of hydrogen-bond acceptors (Lipinski definition) is 5. The van der Waals surface area contributed by atoms with E-state index >= 15 is 0 Å². The van der Waals surface area contributed by atoms with Gasteiger partial charge in [-0.15, -0.1) is 0 Å². The molecule has 0 aromatic heterocycles. The van der Waals surface area contributed by atoms with Crippen LogP contribution in [0, 0.1) is 13.8 Å². The Morgan fingerprint density at radius 2 is 1.56 bits per heavy atom. The largest absolute Gasteiger partial charge is 0.492 e. The fourth-order valence-corrected chi connectivity index (χ4v) is 5.77. The first-order valence-electron chi connectivity index (χ1n) is 13.0. The van der Waals surface area contributed by atoms with E-state index in [0.717, 1.165) is 21.0 Å². The van der Waals surface area contributed by atoms with Crippen LogP contribution >= 0.6 is 0 Å². The predicted octanol–water partition coefficient (Wildman–Crippen LogP) is 4.45. The number of ether oxygens (including phenoxy) is 1. The van der Waals surface area contributed by atoms with Crippen molar-refractivity contribution in [3.05, 3.63) is 89.5 Å². The van der Waals surface area contributed by atoms with Gasteiger partial charge in [0.2, 0.25) is 11.8 Å². The van der Waals surface area contributed by atoms with Gasteiger partial charge in [-0.3, -0.25) is 13.9 Å². The van der Waals surface area contributed by atoms with Gasteiger partial charge in [0, 0.05) is 13.6 Å². The summed E-state index contributed by atoms with van der Waals surface area (Å²) in [5.74, 6) is -0.481. The minimum atomic E-state index is -4.17. The number of para-hydroxylation sites is 2. The molecular formula is C30H37N3O5S. The average molecular weight is 552 g/mol. The molecule has 0 saturated heterocycles. The van der Waals surface area contributed by atoms with Crippen LogP contribution in [0.4, 0.5) is 5.69 Å². The molecule has 3 aromatic rings. The fraction of sp³-hybridized carbons (Fsp3) is 0.333. The zero-order valence-corrected chi connectivity index (χ0v) is 24.0. The van der Waals surface area contributed by atoms with Crippen molar-refractivity contribution in [3.63, 3.8) is 0 Å². The second-order valence-electron chi connectivity index (χ2n) is 9.21. The van der Waals surface area contributed by atoms with Gasteiger partial charge in [-0.25, -0.2) is 8.42 Å². The van der Waals surface area contributed by atoms with E-state index in [9.17, 15) is 18.0 Å². The van der Waals surface area contributed by atoms with Crippen molar-refractivity contribution >= 4 is 27.5 Å². The van der Waals surface area contributed by atoms with Gasteiger partial charge in [0.25, 0.3) is 10.0 Å². The summed E-state index contributed by atoms with van der Waals surface area (Å²) < 4.78 is 34.9. The maximum atomic E-state index is 14.1. The molecule has 0 bridgehead atoms. The Labute approximate surface area is 231 Å². The number of hydrogen-bond donors (Lipinski definition) is 1. The van der Waals surface area contributed by atoms with Crippen molar-refractivity contribution < 1.29 is 22.7 Å². The molecule has 0 saturated carbocycles. The molecule has 8 nitrogen and oxygen atoms in total. The number of nitrogens with zero attached hydrogens (tertiary/aromatic N) is 2. The number of amides is 2. The number of carbonyl (C=O) groups is 2. The summed E-state index contributed by atoms with van der Waals surface area (Å²) in [6, 6.07) is 20.0. The highest BCUT2D eigenvalue weighted by Gasteiger charge is 2.34. The van der Waals surface area contributed by atoms with Gasteiger partial charge < -0.3 is 15.0 Å². The van der Waals surface area contributed by atoms with Crippen LogP contribution in [-0.4, -0.2) is 51.4 Å². The molecule has 0 fully saturated rings. The molecule has 0 spiro atoms. The number of carbonyl (C=O) groups excluding carboxylic acids is 2. The van der Waals surface area contributed by atoms with Gasteiger partial charge in [0.15, 0.2) is 0 Å². The summed E-state index contributed by atoms with van der Waals surface area (Å²) in [7, 11) is -2.65. The zero-order valence-electron chi connectivity index (χ0n) is 23.2. The van der Waals surface area contributed by atoms with Crippen LogP contribution in [0.2, 0.25) is 0 Å². The molecule has 0 unspecified atom stereocenters. The Kier molecular flexibility index (Phi) is 10.1. The molecule has 1 atom stereocenters. The lowest BCUT2D eigenvalue weighted by Gasteiger charge is -2.33. The highest BCUT2D eigenvalue weighted by Crippen LogP contribution is 2.33. The van der Waals surface area contributed by atoms with Crippen molar-refractivity contribution in [3.8, 4) is 5.75 Å². The van der Waals surface area contributed by atoms with E-state index in [1.165, 1.54) is 24.1 Å². The van der Waals surface area contributed by atoms with E-state index in [1.807, 2.05) is 45.0 Å². The van der Waals surface area contributed by atoms with Crippen molar-refractivity contribution in [1.29, 1.82) is 0 Å². The van der Waals surface area contributed by atoms with Crippen molar-refractivity contribution in [1.82, 2.24) is 10.2 Å². The maximum Gasteiger partial charge on any atom is 0.264 e. The van der Waals surface area contributed by atoms with E-state index < -0.39 is 28.5 Å². The quantitative estimate of drug-likeness (QED) is 0.359. The summed E-state index contributed by atoms with van der Waals surface area (Å²) >= 11 is 0. The lowest BCUT2D eigenvalue weighted by Crippen LogP contribution is -2.51. The molecule has 0 heterocycles. The van der Waals surface area contributed by atoms with Gasteiger partial charge in [0.1, 0.15) is 18.3 Å². The summed E-state index contributed by atoms with van der Waals surface area (Å²) in [5, 5.41) is 2.64. The topological polar surface area (TPSA) is 96.0 Å². The lowest BCUT2D eigenvalue weighted by molar-refractivity contribution is -0.140. The predicted molar refractivity (Wildman–Crippen MR) is 153 cm³/mol. The third-order valence-electron chi connectivity index (χ3n) is 6.56. The minimum absolute atomic E-state index is 0.0519. The Balaban J connectivity index is 2.12. The van der Waals surface area contributed by atoms with E-state index in [4.69, 9.17) is 4.74 Å². The number of aryl methyl sites for hydroxylation is 2. The number of rotatable bonds is 12. The summed E-state index contributed by atoms with van der Waals surface area (Å²) in [6.07, 6.45) is 0.359. The molecule has 0 aliphatic heterocycles. The minimum Gasteiger partial charge on any atom is -0.492 e. The standard InChI is InChI=1S/C30H37N3O5S/c1-6-26(30(35)31-5)32(20-24-13-9-8-12-23(24)4)29(34)21-33(27-14-10-11-15-28(27)38-7-2)39(36,37)25-18-16-22(3)17-19-25/h8-19,26H,6-7,20-21H2,1-5H3,(H,31,35)/t26-/m0/s1. The SMILES string of the molecule is CCOc1ccccc1N(CC(=O)N(Cc1ccccc1C)[C@@H](CC)C(=O)NC)S(=O)(=O)c1ccc(C)cc1. The molecule has 0 radical (unpaired) electrons. The van der Waals surface area contributed by atoms with E-state index in [2.05, 4.69) is 5.32 Å². The monoisotopic (exact) mass is 551 g/mol. The molecule has 0 aliphatic carbocycles.